The summed E-state index contributed by atoms with van der Waals surface area (Å²) in [6, 6.07) is 4.11. The average molecular weight is 213 g/mol. The number of hydrogen-bond acceptors (Lipinski definition) is 2. The number of benzene rings is 1. The van der Waals surface area contributed by atoms with Gasteiger partial charge >= 0.3 is 0 Å². The van der Waals surface area contributed by atoms with Crippen LogP contribution in [0.25, 0.3) is 0 Å². The Kier molecular flexibility index (Phi) is 2.41. The van der Waals surface area contributed by atoms with E-state index in [9.17, 15) is 8.60 Å². The Morgan fingerprint density at radius 3 is 3.00 bits per heavy atom. The molecule has 0 saturated carbocycles. The lowest BCUT2D eigenvalue weighted by molar-refractivity contribution is 0.492. The standard InChI is InChI=1S/C10H12FNOS/c1-6-5-14(13)9-3-2-7(11)4-8(9)10(6)12/h2-4,6,10H,5,12H2,1H3. The van der Waals surface area contributed by atoms with Crippen LogP contribution in [0.4, 0.5) is 4.39 Å². The van der Waals surface area contributed by atoms with E-state index in [1.54, 1.807) is 6.07 Å². The van der Waals surface area contributed by atoms with E-state index in [1.807, 2.05) is 6.92 Å². The number of halogens is 1. The van der Waals surface area contributed by atoms with E-state index in [4.69, 9.17) is 5.73 Å². The Morgan fingerprint density at radius 2 is 2.29 bits per heavy atom. The molecule has 0 radical (unpaired) electrons. The van der Waals surface area contributed by atoms with Gasteiger partial charge in [0, 0.05) is 16.7 Å². The van der Waals surface area contributed by atoms with Gasteiger partial charge in [0.1, 0.15) is 5.82 Å². The topological polar surface area (TPSA) is 43.1 Å². The molecule has 0 amide bonds. The van der Waals surface area contributed by atoms with Gasteiger partial charge in [-0.15, -0.1) is 0 Å². The molecule has 76 valence electrons. The summed E-state index contributed by atoms with van der Waals surface area (Å²) in [5.74, 6) is 0.398. The molecule has 1 aliphatic heterocycles. The Morgan fingerprint density at radius 1 is 1.57 bits per heavy atom. The molecule has 14 heavy (non-hydrogen) atoms. The van der Waals surface area contributed by atoms with Crippen molar-refractivity contribution in [1.29, 1.82) is 0 Å². The van der Waals surface area contributed by atoms with Crippen molar-refractivity contribution >= 4 is 10.8 Å². The molecule has 3 unspecified atom stereocenters. The molecule has 1 heterocycles. The maximum absolute atomic E-state index is 13.0. The van der Waals surface area contributed by atoms with Crippen LogP contribution in [0.15, 0.2) is 23.1 Å². The van der Waals surface area contributed by atoms with Gasteiger partial charge < -0.3 is 5.73 Å². The molecule has 0 saturated heterocycles. The van der Waals surface area contributed by atoms with Crippen molar-refractivity contribution in [3.05, 3.63) is 29.6 Å². The summed E-state index contributed by atoms with van der Waals surface area (Å²) in [6.07, 6.45) is 0. The fraction of sp³-hybridized carbons (Fsp3) is 0.400. The molecule has 3 atom stereocenters. The van der Waals surface area contributed by atoms with Crippen LogP contribution < -0.4 is 5.73 Å². The van der Waals surface area contributed by atoms with E-state index >= 15 is 0 Å². The van der Waals surface area contributed by atoms with Crippen LogP contribution in [0.5, 0.6) is 0 Å². The Hall–Kier alpha value is -0.740. The lowest BCUT2D eigenvalue weighted by Gasteiger charge is -2.27. The number of fused-ring (bicyclic) bond motifs is 1. The van der Waals surface area contributed by atoms with Crippen molar-refractivity contribution in [3.8, 4) is 0 Å². The Bertz CT molecular complexity index is 394. The second kappa shape index (κ2) is 3.44. The molecule has 0 aromatic heterocycles. The second-order valence-electron chi connectivity index (χ2n) is 3.70. The first-order valence-electron chi connectivity index (χ1n) is 4.53. The quantitative estimate of drug-likeness (QED) is 0.711. The number of hydrogen-bond donors (Lipinski definition) is 1. The molecule has 0 spiro atoms. The van der Waals surface area contributed by atoms with Crippen LogP contribution in [0.1, 0.15) is 18.5 Å². The van der Waals surface area contributed by atoms with Crippen LogP contribution in [0, 0.1) is 11.7 Å². The minimum Gasteiger partial charge on any atom is -0.324 e. The summed E-state index contributed by atoms with van der Waals surface area (Å²) >= 11 is 0. The predicted molar refractivity (Wildman–Crippen MR) is 53.8 cm³/mol. The summed E-state index contributed by atoms with van der Waals surface area (Å²) in [4.78, 5) is 0.692. The molecular weight excluding hydrogens is 201 g/mol. The molecular formula is C10H12FNOS. The van der Waals surface area contributed by atoms with Gasteiger partial charge in [0.2, 0.25) is 0 Å². The van der Waals surface area contributed by atoms with Gasteiger partial charge in [0.25, 0.3) is 0 Å². The number of nitrogens with two attached hydrogens (primary N) is 1. The van der Waals surface area contributed by atoms with Gasteiger partial charge in [0.15, 0.2) is 0 Å². The fourth-order valence-electron chi connectivity index (χ4n) is 1.73. The highest BCUT2D eigenvalue weighted by molar-refractivity contribution is 7.85. The highest BCUT2D eigenvalue weighted by Gasteiger charge is 2.28. The zero-order valence-corrected chi connectivity index (χ0v) is 8.68. The molecule has 1 aromatic rings. The second-order valence-corrected chi connectivity index (χ2v) is 5.16. The van der Waals surface area contributed by atoms with Crippen molar-refractivity contribution < 1.29 is 8.60 Å². The minimum atomic E-state index is -1.02. The van der Waals surface area contributed by atoms with E-state index in [1.165, 1.54) is 12.1 Å². The van der Waals surface area contributed by atoms with Crippen molar-refractivity contribution in [2.45, 2.75) is 17.9 Å². The molecule has 0 bridgehead atoms. The third-order valence-corrected chi connectivity index (χ3v) is 4.29. The van der Waals surface area contributed by atoms with Crippen LogP contribution in [-0.4, -0.2) is 9.96 Å². The lowest BCUT2D eigenvalue weighted by Crippen LogP contribution is -2.29. The predicted octanol–water partition coefficient (Wildman–Crippen LogP) is 1.58. The SMILES string of the molecule is CC1CS(=O)c2ccc(F)cc2C1N. The van der Waals surface area contributed by atoms with Crippen molar-refractivity contribution in [1.82, 2.24) is 0 Å². The molecule has 2 rings (SSSR count). The molecule has 4 heteroatoms. The van der Waals surface area contributed by atoms with Gasteiger partial charge in [0.05, 0.1) is 10.8 Å². The first-order valence-corrected chi connectivity index (χ1v) is 5.85. The summed E-state index contributed by atoms with van der Waals surface area (Å²) < 4.78 is 24.7. The molecule has 0 fully saturated rings. The van der Waals surface area contributed by atoms with Gasteiger partial charge in [-0.05, 0) is 29.7 Å². The Labute approximate surface area is 84.8 Å². The monoisotopic (exact) mass is 213 g/mol. The van der Waals surface area contributed by atoms with Gasteiger partial charge in [-0.25, -0.2) is 4.39 Å². The Balaban J connectivity index is 2.56. The van der Waals surface area contributed by atoms with Crippen molar-refractivity contribution in [2.24, 2.45) is 11.7 Å². The maximum atomic E-state index is 13.0. The van der Waals surface area contributed by atoms with E-state index in [2.05, 4.69) is 0 Å². The first kappa shape index (κ1) is 9.80. The lowest BCUT2D eigenvalue weighted by atomic mass is 9.96. The van der Waals surface area contributed by atoms with Crippen LogP contribution in [0.2, 0.25) is 0 Å². The third kappa shape index (κ3) is 1.48. The molecule has 1 aromatic carbocycles. The van der Waals surface area contributed by atoms with Crippen LogP contribution in [-0.2, 0) is 10.8 Å². The van der Waals surface area contributed by atoms with Crippen molar-refractivity contribution in [3.63, 3.8) is 0 Å². The third-order valence-electron chi connectivity index (χ3n) is 2.60. The highest BCUT2D eigenvalue weighted by atomic mass is 32.2. The van der Waals surface area contributed by atoms with E-state index < -0.39 is 10.8 Å². The van der Waals surface area contributed by atoms with Gasteiger partial charge in [-0.2, -0.15) is 0 Å². The summed E-state index contributed by atoms with van der Waals surface area (Å²) in [6.45, 7) is 1.94. The van der Waals surface area contributed by atoms with E-state index in [-0.39, 0.29) is 17.8 Å². The zero-order valence-electron chi connectivity index (χ0n) is 7.87. The average Bonchev–Trinajstić information content (AvgIpc) is 2.14. The van der Waals surface area contributed by atoms with Gasteiger partial charge in [-0.3, -0.25) is 4.21 Å². The van der Waals surface area contributed by atoms with Crippen molar-refractivity contribution in [2.75, 3.05) is 5.75 Å². The molecule has 2 N–H and O–H groups in total. The molecule has 0 aliphatic carbocycles. The normalized spacial score (nSPS) is 31.2. The van der Waals surface area contributed by atoms with E-state index in [0.29, 0.717) is 16.2 Å². The zero-order chi connectivity index (χ0) is 10.3. The molecule has 2 nitrogen and oxygen atoms in total. The maximum Gasteiger partial charge on any atom is 0.123 e. The van der Waals surface area contributed by atoms with Crippen LogP contribution in [0.3, 0.4) is 0 Å². The van der Waals surface area contributed by atoms with E-state index in [0.717, 1.165) is 0 Å². The largest absolute Gasteiger partial charge is 0.324 e. The van der Waals surface area contributed by atoms with Crippen LogP contribution >= 0.6 is 0 Å². The summed E-state index contributed by atoms with van der Waals surface area (Å²) in [5.41, 5.74) is 6.62. The summed E-state index contributed by atoms with van der Waals surface area (Å²) in [5, 5.41) is 0. The first-order chi connectivity index (χ1) is 6.59. The summed E-state index contributed by atoms with van der Waals surface area (Å²) in [7, 11) is -1.02. The van der Waals surface area contributed by atoms with Gasteiger partial charge in [-0.1, -0.05) is 6.92 Å². The highest BCUT2D eigenvalue weighted by Crippen LogP contribution is 2.32. The minimum absolute atomic E-state index is 0.144. The fourth-order valence-corrected chi connectivity index (χ4v) is 3.27. The number of rotatable bonds is 0. The molecule has 1 aliphatic rings. The smallest absolute Gasteiger partial charge is 0.123 e.